The maximum Gasteiger partial charge on any atom is 0.337 e. The van der Waals surface area contributed by atoms with Crippen LogP contribution in [0, 0.1) is 6.92 Å². The number of hydrogen-bond donors (Lipinski definition) is 3. The number of anilines is 2. The third kappa shape index (κ3) is 3.94. The van der Waals surface area contributed by atoms with Gasteiger partial charge in [0.2, 0.25) is 0 Å². The van der Waals surface area contributed by atoms with Gasteiger partial charge in [0.1, 0.15) is 5.82 Å². The molecular formula is C19H18N4O4S. The number of nitrogens with two attached hydrogens (primary N) is 1. The number of thiazole rings is 1. The summed E-state index contributed by atoms with van der Waals surface area (Å²) in [6.45, 7) is 4.02. The van der Waals surface area contributed by atoms with Crippen molar-refractivity contribution in [2.75, 3.05) is 17.7 Å². The number of nitrogens with zero attached hydrogens (tertiary/aromatic N) is 2. The number of aromatic carboxylic acids is 1. The Morgan fingerprint density at radius 2 is 2.07 bits per heavy atom. The van der Waals surface area contributed by atoms with Crippen LogP contribution in [0.4, 0.5) is 11.5 Å². The van der Waals surface area contributed by atoms with Crippen molar-refractivity contribution in [3.05, 3.63) is 52.8 Å². The molecule has 8 nitrogen and oxygen atoms in total. The number of nitrogens with one attached hydrogen (secondary N) is 1. The molecule has 3 rings (SSSR count). The highest BCUT2D eigenvalue weighted by atomic mass is 32.1. The van der Waals surface area contributed by atoms with E-state index in [0.29, 0.717) is 12.3 Å². The Morgan fingerprint density at radius 3 is 2.64 bits per heavy atom. The summed E-state index contributed by atoms with van der Waals surface area (Å²) >= 11 is 1.45. The fourth-order valence-electron chi connectivity index (χ4n) is 2.61. The zero-order valence-corrected chi connectivity index (χ0v) is 16.0. The second kappa shape index (κ2) is 8.05. The lowest BCUT2D eigenvalue weighted by Gasteiger charge is -2.15. The van der Waals surface area contributed by atoms with Crippen molar-refractivity contribution < 1.29 is 19.4 Å². The summed E-state index contributed by atoms with van der Waals surface area (Å²) in [5.74, 6) is -1.05. The van der Waals surface area contributed by atoms with Gasteiger partial charge < -0.3 is 20.9 Å². The van der Waals surface area contributed by atoms with Gasteiger partial charge in [0.25, 0.3) is 5.91 Å². The number of benzene rings is 1. The van der Waals surface area contributed by atoms with Crippen LogP contribution in [0.25, 0.3) is 10.4 Å². The predicted octanol–water partition coefficient (Wildman–Crippen LogP) is 3.44. The third-order valence-electron chi connectivity index (χ3n) is 3.91. The van der Waals surface area contributed by atoms with Gasteiger partial charge in [-0.2, -0.15) is 0 Å². The maximum absolute atomic E-state index is 12.9. The summed E-state index contributed by atoms with van der Waals surface area (Å²) in [6.07, 6.45) is 1.17. The maximum atomic E-state index is 12.9. The van der Waals surface area contributed by atoms with Gasteiger partial charge in [0.15, 0.2) is 5.75 Å². The molecule has 9 heteroatoms. The minimum Gasteiger partial charge on any atom is -0.491 e. The highest BCUT2D eigenvalue weighted by molar-refractivity contribution is 7.13. The van der Waals surface area contributed by atoms with Crippen molar-refractivity contribution in [2.24, 2.45) is 0 Å². The lowest BCUT2D eigenvalue weighted by Crippen LogP contribution is -2.16. The number of carbonyl (C=O) groups is 2. The molecule has 144 valence electrons. The van der Waals surface area contributed by atoms with Crippen molar-refractivity contribution in [1.29, 1.82) is 0 Å². The van der Waals surface area contributed by atoms with Crippen molar-refractivity contribution in [3.8, 4) is 16.2 Å². The smallest absolute Gasteiger partial charge is 0.337 e. The molecule has 0 radical (unpaired) electrons. The first kappa shape index (κ1) is 19.3. The highest BCUT2D eigenvalue weighted by Crippen LogP contribution is 2.36. The van der Waals surface area contributed by atoms with Crippen LogP contribution in [0.5, 0.6) is 5.75 Å². The number of hydrogen-bond acceptors (Lipinski definition) is 7. The largest absolute Gasteiger partial charge is 0.491 e. The Balaban J connectivity index is 1.98. The molecule has 0 saturated heterocycles. The highest BCUT2D eigenvalue weighted by Gasteiger charge is 2.19. The lowest BCUT2D eigenvalue weighted by molar-refractivity contribution is 0.0696. The van der Waals surface area contributed by atoms with Gasteiger partial charge in [-0.3, -0.25) is 4.79 Å². The molecule has 1 amide bonds. The molecule has 4 N–H and O–H groups in total. The Morgan fingerprint density at radius 1 is 1.29 bits per heavy atom. The van der Waals surface area contributed by atoms with Crippen LogP contribution in [0.3, 0.4) is 0 Å². The molecule has 0 spiro atoms. The van der Waals surface area contributed by atoms with Gasteiger partial charge in [-0.1, -0.05) is 0 Å². The normalized spacial score (nSPS) is 10.5. The number of carboxylic acid groups (broad SMARTS) is 1. The summed E-state index contributed by atoms with van der Waals surface area (Å²) in [4.78, 5) is 32.9. The molecule has 2 aromatic heterocycles. The Kier molecular flexibility index (Phi) is 5.55. The standard InChI is InChI=1S/C19H18N4O4S/c1-3-27-16-13(6-12(7-14(16)20)17-10(2)22-9-28-17)18(24)23-15-5-4-11(8-21-15)19(25)26/h4-9H,3,20H2,1-2H3,(H,25,26)(H,21,23,24). The molecule has 1 aromatic carbocycles. The quantitative estimate of drug-likeness (QED) is 0.543. The number of nitrogen functional groups attached to an aromatic ring is 1. The Bertz CT molecular complexity index is 1030. The number of aromatic nitrogens is 2. The van der Waals surface area contributed by atoms with Gasteiger partial charge >= 0.3 is 5.97 Å². The van der Waals surface area contributed by atoms with E-state index in [1.165, 1.54) is 29.7 Å². The number of pyridine rings is 1. The molecule has 3 aromatic rings. The minimum absolute atomic E-state index is 0.0277. The molecular weight excluding hydrogens is 380 g/mol. The average molecular weight is 398 g/mol. The van der Waals surface area contributed by atoms with Crippen molar-refractivity contribution >= 4 is 34.7 Å². The van der Waals surface area contributed by atoms with Gasteiger partial charge in [-0.25, -0.2) is 14.8 Å². The topological polar surface area (TPSA) is 127 Å². The second-order valence-electron chi connectivity index (χ2n) is 5.83. The van der Waals surface area contributed by atoms with Crippen LogP contribution in [0.15, 0.2) is 36.0 Å². The van der Waals surface area contributed by atoms with Crippen LogP contribution in [-0.2, 0) is 0 Å². The van der Waals surface area contributed by atoms with Gasteiger partial charge in [0, 0.05) is 6.20 Å². The van der Waals surface area contributed by atoms with Crippen molar-refractivity contribution in [2.45, 2.75) is 13.8 Å². The summed E-state index contributed by atoms with van der Waals surface area (Å²) in [6, 6.07) is 6.23. The van der Waals surface area contributed by atoms with Crippen molar-refractivity contribution in [1.82, 2.24) is 9.97 Å². The summed E-state index contributed by atoms with van der Waals surface area (Å²) < 4.78 is 5.58. The zero-order valence-electron chi connectivity index (χ0n) is 15.2. The summed E-state index contributed by atoms with van der Waals surface area (Å²) in [5.41, 5.74) is 10.1. The Labute approximate surface area is 165 Å². The Hall–Kier alpha value is -3.46. The lowest BCUT2D eigenvalue weighted by atomic mass is 10.0. The molecule has 2 heterocycles. The number of rotatable bonds is 6. The van der Waals surface area contributed by atoms with E-state index in [4.69, 9.17) is 15.6 Å². The number of aryl methyl sites for hydroxylation is 1. The fourth-order valence-corrected chi connectivity index (χ4v) is 3.41. The first-order valence-corrected chi connectivity index (χ1v) is 9.26. The SMILES string of the molecule is CCOc1c(N)cc(-c2scnc2C)cc1C(=O)Nc1ccc(C(=O)O)cn1. The molecule has 0 fully saturated rings. The molecule has 0 unspecified atom stereocenters. The van der Waals surface area contributed by atoms with Gasteiger partial charge in [0.05, 0.1) is 39.5 Å². The summed E-state index contributed by atoms with van der Waals surface area (Å²) in [5, 5.41) is 11.6. The molecule has 0 aliphatic heterocycles. The van der Waals surface area contributed by atoms with Gasteiger partial charge in [-0.15, -0.1) is 11.3 Å². The second-order valence-corrected chi connectivity index (χ2v) is 6.69. The first-order valence-electron chi connectivity index (χ1n) is 8.38. The van der Waals surface area contributed by atoms with Gasteiger partial charge in [-0.05, 0) is 43.7 Å². The number of carbonyl (C=O) groups excluding carboxylic acids is 1. The molecule has 0 aliphatic rings. The fraction of sp³-hybridized carbons (Fsp3) is 0.158. The van der Waals surface area contributed by atoms with E-state index in [1.807, 2.05) is 6.92 Å². The van der Waals surface area contributed by atoms with E-state index in [2.05, 4.69) is 15.3 Å². The van der Waals surface area contributed by atoms with E-state index in [-0.39, 0.29) is 22.7 Å². The van der Waals surface area contributed by atoms with Crippen LogP contribution < -0.4 is 15.8 Å². The van der Waals surface area contributed by atoms with Crippen LogP contribution in [0.2, 0.25) is 0 Å². The average Bonchev–Trinajstić information content (AvgIpc) is 3.09. The van der Waals surface area contributed by atoms with Crippen LogP contribution in [0.1, 0.15) is 33.3 Å². The van der Waals surface area contributed by atoms with E-state index >= 15 is 0 Å². The molecule has 0 aliphatic carbocycles. The molecule has 0 saturated carbocycles. The van der Waals surface area contributed by atoms with Crippen LogP contribution in [-0.4, -0.2) is 33.6 Å². The third-order valence-corrected chi connectivity index (χ3v) is 4.89. The van der Waals surface area contributed by atoms with E-state index in [0.717, 1.165) is 16.1 Å². The number of amides is 1. The first-order chi connectivity index (χ1) is 13.4. The number of ether oxygens (including phenoxy) is 1. The minimum atomic E-state index is -1.09. The predicted molar refractivity (Wildman–Crippen MR) is 107 cm³/mol. The van der Waals surface area contributed by atoms with E-state index in [9.17, 15) is 9.59 Å². The van der Waals surface area contributed by atoms with Crippen molar-refractivity contribution in [3.63, 3.8) is 0 Å². The summed E-state index contributed by atoms with van der Waals surface area (Å²) in [7, 11) is 0. The molecule has 0 bridgehead atoms. The van der Waals surface area contributed by atoms with E-state index < -0.39 is 11.9 Å². The molecule has 0 atom stereocenters. The monoisotopic (exact) mass is 398 g/mol. The van der Waals surface area contributed by atoms with Crippen LogP contribution >= 0.6 is 11.3 Å². The zero-order chi connectivity index (χ0) is 20.3. The molecule has 28 heavy (non-hydrogen) atoms. The number of carboxylic acids is 1. The van der Waals surface area contributed by atoms with E-state index in [1.54, 1.807) is 24.6 Å².